The largest absolute Gasteiger partial charge is 0.476 e. The third kappa shape index (κ3) is 19.7. The molecule has 0 radical (unpaired) electrons. The molecule has 0 saturated carbocycles. The Labute approximate surface area is 435 Å². The number of carboxylic acid groups (broad SMARTS) is 5. The summed E-state index contributed by atoms with van der Waals surface area (Å²) in [7, 11) is 5.33. The molecule has 0 amide bonds. The van der Waals surface area contributed by atoms with Crippen LogP contribution in [0.4, 0.5) is 29.1 Å². The molecule has 2 aliphatic heterocycles. The molecule has 0 atom stereocenters. The molecule has 0 aliphatic carbocycles. The number of nitrogens with zero attached hydrogens (tertiary/aromatic N) is 13. The van der Waals surface area contributed by atoms with Crippen LogP contribution in [-0.4, -0.2) is 194 Å². The van der Waals surface area contributed by atoms with Gasteiger partial charge in [0.25, 0.3) is 0 Å². The number of aromatic carboxylic acids is 5. The summed E-state index contributed by atoms with van der Waals surface area (Å²) in [6, 6.07) is 0. The first-order valence-corrected chi connectivity index (χ1v) is 23.1. The van der Waals surface area contributed by atoms with E-state index in [-0.39, 0.29) is 69.7 Å². The van der Waals surface area contributed by atoms with Crippen molar-refractivity contribution in [3.63, 3.8) is 0 Å². The SMILES string of the molecule is CN(C)Cc1c(N)ncnc1C(=O)O.CNCc1c(N)ncnc1C(=O)O.NCc1c(N)ncnc1C(=O)O.Nc1ncnc(C(=O)O)c1CN1CCCC1.Nc1ncnc(C(=O)O)c1CNCCCN1CCOCC1. The van der Waals surface area contributed by atoms with Crippen LogP contribution in [0, 0.1) is 0 Å². The minimum atomic E-state index is -1.15. The summed E-state index contributed by atoms with van der Waals surface area (Å²) in [5, 5.41) is 50.3. The fraction of sp³-hybridized carbons (Fsp3) is 0.432. The number of rotatable bonds is 18. The Morgan fingerprint density at radius 3 is 1.30 bits per heavy atom. The van der Waals surface area contributed by atoms with E-state index in [9.17, 15) is 24.0 Å². The van der Waals surface area contributed by atoms with Crippen LogP contribution >= 0.6 is 0 Å². The zero-order valence-electron chi connectivity index (χ0n) is 42.2. The lowest BCUT2D eigenvalue weighted by atomic mass is 10.2. The van der Waals surface area contributed by atoms with E-state index in [2.05, 4.69) is 70.3 Å². The Morgan fingerprint density at radius 2 is 0.908 bits per heavy atom. The standard InChI is InChI=1S/C13H21N5O3.C10H14N4O2.C8H12N4O2.C7H10N4O2.C6H8N4O2/c14-12-10(11(13(19)20)16-9-17-12)8-15-2-1-3-18-4-6-21-7-5-18;11-9-7(5-14-3-1-2-4-14)8(10(15)16)12-6-13-9;1-12(2)3-5-6(8(13)14)10-4-11-7(5)9;1-9-2-4-5(7(12)13)10-3-11-6(4)8;7-1-3-4(6(11)12)9-2-10-5(3)8/h9,15H,1-8H2,(H,19,20)(H2,14,16,17);6H,1-5H2,(H,15,16)(H2,11,12,13);4H,3H2,1-2H3,(H,13,14)(H2,9,10,11);3,9H,2H2,1H3,(H,12,13)(H2,8,10,11);2H,1,7H2,(H,11,12)(H2,8,9,10). The fourth-order valence-electron chi connectivity index (χ4n) is 7.04. The third-order valence-corrected chi connectivity index (χ3v) is 10.8. The van der Waals surface area contributed by atoms with Gasteiger partial charge in [-0.3, -0.25) is 9.80 Å². The zero-order valence-corrected chi connectivity index (χ0v) is 42.2. The number of ether oxygens (including phenoxy) is 1. The predicted molar refractivity (Wildman–Crippen MR) is 273 cm³/mol. The molecule has 0 unspecified atom stereocenters. The van der Waals surface area contributed by atoms with Crippen LogP contribution in [0.1, 0.15) is 99.5 Å². The van der Waals surface area contributed by atoms with Crippen molar-refractivity contribution in [1.82, 2.24) is 75.2 Å². The number of hydrogen-bond donors (Lipinski definition) is 13. The summed E-state index contributed by atoms with van der Waals surface area (Å²) in [6.07, 6.45) is 9.02. The Bertz CT molecular complexity index is 2710. The molecule has 32 nitrogen and oxygen atoms in total. The third-order valence-electron chi connectivity index (χ3n) is 10.8. The predicted octanol–water partition coefficient (Wildman–Crippen LogP) is -1.57. The highest BCUT2D eigenvalue weighted by atomic mass is 16.5. The summed E-state index contributed by atoms with van der Waals surface area (Å²) in [6.45, 7) is 8.95. The minimum absolute atomic E-state index is 0.0133. The highest BCUT2D eigenvalue weighted by molar-refractivity contribution is 5.90. The molecule has 0 spiro atoms. The van der Waals surface area contributed by atoms with Gasteiger partial charge in [0.1, 0.15) is 60.7 Å². The molecule has 5 aromatic rings. The first-order chi connectivity index (χ1) is 36.2. The molecule has 76 heavy (non-hydrogen) atoms. The normalized spacial score (nSPS) is 13.1. The lowest BCUT2D eigenvalue weighted by Gasteiger charge is -2.26. The summed E-state index contributed by atoms with van der Waals surface area (Å²) in [5.74, 6) is -4.47. The first-order valence-electron chi connectivity index (χ1n) is 23.1. The number of hydrogen-bond acceptors (Lipinski definition) is 27. The van der Waals surface area contributed by atoms with E-state index >= 15 is 0 Å². The number of nitrogens with two attached hydrogens (primary N) is 6. The monoisotopic (exact) mass is 1060 g/mol. The van der Waals surface area contributed by atoms with Crippen molar-refractivity contribution >= 4 is 58.9 Å². The summed E-state index contributed by atoms with van der Waals surface area (Å²) in [5.41, 5.74) is 35.0. The summed E-state index contributed by atoms with van der Waals surface area (Å²) in [4.78, 5) is 97.5. The molecule has 19 N–H and O–H groups in total. The van der Waals surface area contributed by atoms with Crippen molar-refractivity contribution < 1.29 is 54.2 Å². The number of likely N-dealkylation sites (tertiary alicyclic amines) is 1. The van der Waals surface area contributed by atoms with Gasteiger partial charge in [0, 0.05) is 73.6 Å². The highest BCUT2D eigenvalue weighted by Gasteiger charge is 2.21. The molecule has 32 heteroatoms. The Balaban J connectivity index is 0.000000254. The van der Waals surface area contributed by atoms with Crippen LogP contribution in [0.15, 0.2) is 31.6 Å². The van der Waals surface area contributed by atoms with Gasteiger partial charge in [-0.1, -0.05) is 0 Å². The lowest BCUT2D eigenvalue weighted by molar-refractivity contribution is 0.0374. The van der Waals surface area contributed by atoms with Gasteiger partial charge in [-0.2, -0.15) is 0 Å². The van der Waals surface area contributed by atoms with Gasteiger partial charge in [0.2, 0.25) is 0 Å². The minimum Gasteiger partial charge on any atom is -0.476 e. The van der Waals surface area contributed by atoms with Gasteiger partial charge < -0.3 is 80.2 Å². The Kier molecular flexibility index (Phi) is 25.9. The maximum Gasteiger partial charge on any atom is 0.355 e. The van der Waals surface area contributed by atoms with Gasteiger partial charge in [-0.05, 0) is 66.6 Å². The van der Waals surface area contributed by atoms with Gasteiger partial charge in [-0.25, -0.2) is 73.8 Å². The van der Waals surface area contributed by atoms with Crippen molar-refractivity contribution in [1.29, 1.82) is 0 Å². The van der Waals surface area contributed by atoms with E-state index in [1.165, 1.54) is 12.7 Å². The molecule has 412 valence electrons. The maximum atomic E-state index is 11.1. The maximum absolute atomic E-state index is 11.1. The molecule has 0 aromatic carbocycles. The quantitative estimate of drug-likeness (QED) is 0.0441. The zero-order chi connectivity index (χ0) is 56.3. The molecular formula is C44H65N21O11. The van der Waals surface area contributed by atoms with Gasteiger partial charge >= 0.3 is 29.8 Å². The highest BCUT2D eigenvalue weighted by Crippen LogP contribution is 2.19. The molecule has 7 rings (SSSR count). The second-order valence-corrected chi connectivity index (χ2v) is 16.4. The van der Waals surface area contributed by atoms with Crippen LogP contribution in [0.25, 0.3) is 0 Å². The second-order valence-electron chi connectivity index (χ2n) is 16.4. The average Bonchev–Trinajstić information content (AvgIpc) is 3.90. The second kappa shape index (κ2) is 31.9. The molecule has 5 aromatic heterocycles. The Morgan fingerprint density at radius 1 is 0.539 bits per heavy atom. The van der Waals surface area contributed by atoms with Crippen molar-refractivity contribution in [2.75, 3.05) is 102 Å². The van der Waals surface area contributed by atoms with E-state index in [1.54, 1.807) is 7.05 Å². The topological polar surface area (TPSA) is 515 Å². The van der Waals surface area contributed by atoms with Crippen LogP contribution in [0.5, 0.6) is 0 Å². The smallest absolute Gasteiger partial charge is 0.355 e. The Hall–Kier alpha value is -8.53. The van der Waals surface area contributed by atoms with Crippen LogP contribution in [0.3, 0.4) is 0 Å². The van der Waals surface area contributed by atoms with Crippen molar-refractivity contribution in [2.45, 2.75) is 52.0 Å². The van der Waals surface area contributed by atoms with Crippen molar-refractivity contribution in [2.24, 2.45) is 5.73 Å². The summed E-state index contributed by atoms with van der Waals surface area (Å²) >= 11 is 0. The number of morpholine rings is 1. The number of anilines is 5. The molecule has 2 aliphatic rings. The van der Waals surface area contributed by atoms with Crippen molar-refractivity contribution in [3.8, 4) is 0 Å². The number of carboxylic acids is 5. The number of nitrogens with one attached hydrogen (secondary N) is 2. The van der Waals surface area contributed by atoms with E-state index in [0.29, 0.717) is 48.4 Å². The van der Waals surface area contributed by atoms with E-state index in [4.69, 9.17) is 64.7 Å². The number of carbonyl (C=O) groups is 5. The fourth-order valence-corrected chi connectivity index (χ4v) is 7.04. The van der Waals surface area contributed by atoms with Gasteiger partial charge in [-0.15, -0.1) is 0 Å². The molecule has 2 saturated heterocycles. The van der Waals surface area contributed by atoms with Crippen LogP contribution in [0.2, 0.25) is 0 Å². The van der Waals surface area contributed by atoms with E-state index < -0.39 is 29.8 Å². The van der Waals surface area contributed by atoms with E-state index in [0.717, 1.165) is 90.7 Å². The first kappa shape index (κ1) is 61.8. The lowest BCUT2D eigenvalue weighted by Crippen LogP contribution is -2.37. The van der Waals surface area contributed by atoms with Crippen LogP contribution in [-0.2, 0) is 37.5 Å². The molecule has 0 bridgehead atoms. The molecule has 7 heterocycles. The van der Waals surface area contributed by atoms with Crippen molar-refractivity contribution in [3.05, 3.63) is 87.9 Å². The van der Waals surface area contributed by atoms with E-state index in [1.807, 2.05) is 19.0 Å². The molecule has 2 fully saturated rings. The number of aromatic nitrogens is 10. The molecular weight excluding hydrogens is 999 g/mol. The average molecular weight is 1060 g/mol. The van der Waals surface area contributed by atoms with Gasteiger partial charge in [0.05, 0.1) is 13.2 Å². The van der Waals surface area contributed by atoms with Gasteiger partial charge in [0.15, 0.2) is 28.5 Å². The number of nitrogen functional groups attached to an aromatic ring is 5. The summed E-state index contributed by atoms with van der Waals surface area (Å²) < 4.78 is 5.29. The van der Waals surface area contributed by atoms with Crippen LogP contribution < -0.4 is 45.0 Å².